The van der Waals surface area contributed by atoms with E-state index in [1.54, 1.807) is 13.8 Å². The third-order valence-electron chi connectivity index (χ3n) is 5.45. The van der Waals surface area contributed by atoms with E-state index in [9.17, 15) is 24.3 Å². The third kappa shape index (κ3) is 11.1. The lowest BCUT2D eigenvalue weighted by Gasteiger charge is -2.27. The number of nitrogens with one attached hydrogen (secondary N) is 3. The predicted molar refractivity (Wildman–Crippen MR) is 139 cm³/mol. The number of amides is 3. The van der Waals surface area contributed by atoms with E-state index in [2.05, 4.69) is 16.0 Å². The number of hydrogen-bond donors (Lipinski definition) is 5. The van der Waals surface area contributed by atoms with Crippen LogP contribution in [-0.2, 0) is 25.6 Å². The fourth-order valence-electron chi connectivity index (χ4n) is 3.49. The van der Waals surface area contributed by atoms with Crippen LogP contribution in [0.3, 0.4) is 0 Å². The molecule has 0 aliphatic heterocycles. The lowest BCUT2D eigenvalue weighted by Crippen LogP contribution is -2.58. The summed E-state index contributed by atoms with van der Waals surface area (Å²) in [7, 11) is 0. The van der Waals surface area contributed by atoms with Gasteiger partial charge in [0.05, 0.1) is 6.04 Å². The van der Waals surface area contributed by atoms with Crippen LogP contribution in [0, 0.1) is 11.8 Å². The van der Waals surface area contributed by atoms with Gasteiger partial charge in [0.1, 0.15) is 18.1 Å². The Balaban J connectivity index is 2.93. The number of rotatable bonds is 15. The van der Waals surface area contributed by atoms with E-state index in [4.69, 9.17) is 5.73 Å². The van der Waals surface area contributed by atoms with Crippen molar-refractivity contribution in [3.8, 4) is 0 Å². The standard InChI is InChI=1S/C25H40N4O5S/c1-15(2)13-20(24(32)29-21(16(3)4)25(33)34)28-23(31)19(11-12-35-5)27-22(30)18(26)14-17-9-7-6-8-10-17/h6-10,15-16,18-21H,11-14,26H2,1-5H3,(H,27,30)(H,28,31)(H,29,32)(H,33,34). The highest BCUT2D eigenvalue weighted by molar-refractivity contribution is 7.98. The monoisotopic (exact) mass is 508 g/mol. The van der Waals surface area contributed by atoms with Crippen molar-refractivity contribution < 1.29 is 24.3 Å². The molecule has 1 aromatic carbocycles. The maximum atomic E-state index is 13.1. The van der Waals surface area contributed by atoms with Crippen LogP contribution in [0.4, 0.5) is 0 Å². The largest absolute Gasteiger partial charge is 0.480 e. The van der Waals surface area contributed by atoms with Crippen molar-refractivity contribution in [2.45, 2.75) is 71.1 Å². The average Bonchev–Trinajstić information content (AvgIpc) is 2.79. The number of carbonyl (C=O) groups excluding carboxylic acids is 3. The first-order chi connectivity index (χ1) is 16.5. The molecule has 1 rings (SSSR count). The SMILES string of the molecule is CSCCC(NC(=O)C(N)Cc1ccccc1)C(=O)NC(CC(C)C)C(=O)NC(C(=O)O)C(C)C. The summed E-state index contributed by atoms with van der Waals surface area (Å²) in [6, 6.07) is 5.64. The molecule has 0 aliphatic rings. The Morgan fingerprint density at radius 3 is 2.00 bits per heavy atom. The highest BCUT2D eigenvalue weighted by Crippen LogP contribution is 2.10. The molecular formula is C25H40N4O5S. The summed E-state index contributed by atoms with van der Waals surface area (Å²) in [5, 5.41) is 17.4. The van der Waals surface area contributed by atoms with Crippen LogP contribution in [0.2, 0.25) is 0 Å². The van der Waals surface area contributed by atoms with Crippen molar-refractivity contribution in [2.24, 2.45) is 17.6 Å². The van der Waals surface area contributed by atoms with E-state index in [0.29, 0.717) is 25.0 Å². The first kappa shape index (κ1) is 30.4. The van der Waals surface area contributed by atoms with Crippen LogP contribution in [0.1, 0.15) is 46.1 Å². The summed E-state index contributed by atoms with van der Waals surface area (Å²) in [5.74, 6) is -2.31. The maximum absolute atomic E-state index is 13.1. The molecule has 196 valence electrons. The molecule has 0 heterocycles. The fraction of sp³-hybridized carbons (Fsp3) is 0.600. The molecule has 3 amide bonds. The molecule has 10 heteroatoms. The van der Waals surface area contributed by atoms with Gasteiger partial charge < -0.3 is 26.8 Å². The van der Waals surface area contributed by atoms with E-state index in [1.165, 1.54) is 11.8 Å². The summed E-state index contributed by atoms with van der Waals surface area (Å²) in [6.07, 6.45) is 2.90. The molecule has 0 radical (unpaired) electrons. The van der Waals surface area contributed by atoms with Gasteiger partial charge >= 0.3 is 5.97 Å². The van der Waals surface area contributed by atoms with Gasteiger partial charge in [-0.05, 0) is 48.7 Å². The fourth-order valence-corrected chi connectivity index (χ4v) is 3.96. The van der Waals surface area contributed by atoms with Crippen molar-refractivity contribution in [3.63, 3.8) is 0 Å². The van der Waals surface area contributed by atoms with E-state index < -0.39 is 47.9 Å². The smallest absolute Gasteiger partial charge is 0.326 e. The number of benzene rings is 1. The van der Waals surface area contributed by atoms with Crippen molar-refractivity contribution in [2.75, 3.05) is 12.0 Å². The summed E-state index contributed by atoms with van der Waals surface area (Å²) in [5.41, 5.74) is 6.99. The van der Waals surface area contributed by atoms with E-state index in [1.807, 2.05) is 50.4 Å². The Bertz CT molecular complexity index is 834. The second-order valence-electron chi connectivity index (χ2n) is 9.40. The van der Waals surface area contributed by atoms with Crippen molar-refractivity contribution in [1.29, 1.82) is 0 Å². The van der Waals surface area contributed by atoms with Gasteiger partial charge in [-0.15, -0.1) is 0 Å². The Kier molecular flexibility index (Phi) is 13.4. The van der Waals surface area contributed by atoms with Crippen LogP contribution in [0.5, 0.6) is 0 Å². The van der Waals surface area contributed by atoms with Gasteiger partial charge in [0, 0.05) is 0 Å². The lowest BCUT2D eigenvalue weighted by atomic mass is 10.00. The second kappa shape index (κ2) is 15.4. The molecule has 9 nitrogen and oxygen atoms in total. The summed E-state index contributed by atoms with van der Waals surface area (Å²) in [4.78, 5) is 50.3. The molecule has 0 saturated carbocycles. The molecule has 35 heavy (non-hydrogen) atoms. The molecular weight excluding hydrogens is 468 g/mol. The number of carboxylic acid groups (broad SMARTS) is 1. The molecule has 4 atom stereocenters. The number of hydrogen-bond acceptors (Lipinski definition) is 6. The third-order valence-corrected chi connectivity index (χ3v) is 6.09. The number of aliphatic carboxylic acids is 1. The Morgan fingerprint density at radius 2 is 1.49 bits per heavy atom. The molecule has 0 aromatic heterocycles. The highest BCUT2D eigenvalue weighted by atomic mass is 32.2. The molecule has 0 saturated heterocycles. The van der Waals surface area contributed by atoms with E-state index in [0.717, 1.165) is 5.56 Å². The van der Waals surface area contributed by atoms with Gasteiger partial charge in [0.25, 0.3) is 0 Å². The minimum absolute atomic E-state index is 0.0620. The molecule has 1 aromatic rings. The molecule has 0 aliphatic carbocycles. The summed E-state index contributed by atoms with van der Waals surface area (Å²) >= 11 is 1.53. The minimum Gasteiger partial charge on any atom is -0.480 e. The molecule has 0 fully saturated rings. The highest BCUT2D eigenvalue weighted by Gasteiger charge is 2.31. The number of carbonyl (C=O) groups is 4. The average molecular weight is 509 g/mol. The predicted octanol–water partition coefficient (Wildman–Crippen LogP) is 1.55. The first-order valence-electron chi connectivity index (χ1n) is 11.9. The minimum atomic E-state index is -1.14. The van der Waals surface area contributed by atoms with Crippen LogP contribution < -0.4 is 21.7 Å². The Morgan fingerprint density at radius 1 is 0.914 bits per heavy atom. The number of carboxylic acids is 1. The lowest BCUT2D eigenvalue weighted by molar-refractivity contribution is -0.143. The first-order valence-corrected chi connectivity index (χ1v) is 13.3. The van der Waals surface area contributed by atoms with Gasteiger partial charge in [-0.2, -0.15) is 11.8 Å². The quantitative estimate of drug-likeness (QED) is 0.241. The molecule has 6 N–H and O–H groups in total. The van der Waals surface area contributed by atoms with E-state index >= 15 is 0 Å². The van der Waals surface area contributed by atoms with Gasteiger partial charge in [0.15, 0.2) is 0 Å². The van der Waals surface area contributed by atoms with Gasteiger partial charge in [-0.25, -0.2) is 4.79 Å². The van der Waals surface area contributed by atoms with Crippen molar-refractivity contribution in [3.05, 3.63) is 35.9 Å². The number of nitrogens with two attached hydrogens (primary N) is 1. The van der Waals surface area contributed by atoms with Crippen molar-refractivity contribution in [1.82, 2.24) is 16.0 Å². The Hall–Kier alpha value is -2.59. The van der Waals surface area contributed by atoms with E-state index in [-0.39, 0.29) is 11.8 Å². The second-order valence-corrected chi connectivity index (χ2v) is 10.4. The molecule has 0 bridgehead atoms. The van der Waals surface area contributed by atoms with Gasteiger partial charge in [-0.1, -0.05) is 58.0 Å². The Labute approximate surface area is 212 Å². The zero-order chi connectivity index (χ0) is 26.5. The van der Waals surface area contributed by atoms with Crippen LogP contribution in [0.15, 0.2) is 30.3 Å². The van der Waals surface area contributed by atoms with Crippen LogP contribution in [0.25, 0.3) is 0 Å². The molecule has 0 spiro atoms. The number of thioether (sulfide) groups is 1. The molecule has 4 unspecified atom stereocenters. The van der Waals surface area contributed by atoms with Gasteiger partial charge in [0.2, 0.25) is 17.7 Å². The topological polar surface area (TPSA) is 151 Å². The zero-order valence-corrected chi connectivity index (χ0v) is 22.1. The summed E-state index contributed by atoms with van der Waals surface area (Å²) < 4.78 is 0. The normalized spacial score (nSPS) is 14.6. The van der Waals surface area contributed by atoms with Crippen molar-refractivity contribution >= 4 is 35.5 Å². The zero-order valence-electron chi connectivity index (χ0n) is 21.2. The van der Waals surface area contributed by atoms with Gasteiger partial charge in [-0.3, -0.25) is 14.4 Å². The van der Waals surface area contributed by atoms with Crippen LogP contribution >= 0.6 is 11.8 Å². The summed E-state index contributed by atoms with van der Waals surface area (Å²) in [6.45, 7) is 7.20. The van der Waals surface area contributed by atoms with Crippen LogP contribution in [-0.4, -0.2) is 65.0 Å². The maximum Gasteiger partial charge on any atom is 0.326 e.